The highest BCUT2D eigenvalue weighted by Gasteiger charge is 2.31. The number of anilines is 3. The van der Waals surface area contributed by atoms with Gasteiger partial charge < -0.3 is 0 Å². The van der Waals surface area contributed by atoms with Gasteiger partial charge in [-0.25, -0.2) is 9.97 Å². The molecule has 4 heterocycles. The van der Waals surface area contributed by atoms with Crippen molar-refractivity contribution in [3.05, 3.63) is 188 Å². The topological polar surface area (TPSA) is 85.5 Å². The molecule has 0 fully saturated rings. The number of para-hydroxylation sites is 1. The minimum absolute atomic E-state index is 0.531. The maximum Gasteiger partial charge on any atom is 0.238 e. The molecule has 0 saturated heterocycles. The van der Waals surface area contributed by atoms with Crippen molar-refractivity contribution in [1.29, 1.82) is 0 Å². The molecule has 2 aliphatic rings. The first kappa shape index (κ1) is 34.0. The molecule has 8 nitrogen and oxygen atoms in total. The largest absolute Gasteiger partial charge is 0.278 e. The molecular weight excluding hydrogens is 737 g/mol. The van der Waals surface area contributed by atoms with E-state index < -0.39 is 0 Å². The number of benzene rings is 7. The van der Waals surface area contributed by atoms with Crippen LogP contribution in [0, 0.1) is 0 Å². The first-order chi connectivity index (χ1) is 29.7. The smallest absolute Gasteiger partial charge is 0.238 e. The first-order valence-electron chi connectivity index (χ1n) is 20.2. The second-order valence-electron chi connectivity index (χ2n) is 15.1. The highest BCUT2D eigenvalue weighted by atomic mass is 15.3. The number of nitrogens with zero attached hydrogens (tertiary/aromatic N) is 8. The Morgan fingerprint density at radius 3 is 1.68 bits per heavy atom. The Morgan fingerprint density at radius 2 is 1.02 bits per heavy atom. The summed E-state index contributed by atoms with van der Waals surface area (Å²) in [6, 6.07) is 56.5. The SMILES string of the molecule is C1=CC(c2nc(-c3ccccc3)nc(N3c4cc5c(cc4-c4cccc6cccc3c46)c3ccccc3n5-c3nc(-c4ccccc4)nc(-c4ccccc4)n3)n2)=CCC1. The molecule has 1 aliphatic carbocycles. The van der Waals surface area contributed by atoms with Crippen molar-refractivity contribution in [2.75, 3.05) is 4.90 Å². The third-order valence-electron chi connectivity index (χ3n) is 11.4. The van der Waals surface area contributed by atoms with Crippen LogP contribution in [0.1, 0.15) is 18.7 Å². The highest BCUT2D eigenvalue weighted by Crippen LogP contribution is 2.52. The Bertz CT molecular complexity index is 3310. The van der Waals surface area contributed by atoms with Crippen molar-refractivity contribution in [1.82, 2.24) is 34.5 Å². The van der Waals surface area contributed by atoms with Gasteiger partial charge in [-0.3, -0.25) is 9.47 Å². The van der Waals surface area contributed by atoms with Gasteiger partial charge in [0.2, 0.25) is 11.9 Å². The van der Waals surface area contributed by atoms with Gasteiger partial charge in [-0.15, -0.1) is 0 Å². The lowest BCUT2D eigenvalue weighted by atomic mass is 9.90. The van der Waals surface area contributed by atoms with Crippen LogP contribution in [0.25, 0.3) is 89.4 Å². The van der Waals surface area contributed by atoms with E-state index in [0.717, 1.165) is 90.2 Å². The van der Waals surface area contributed by atoms with Gasteiger partial charge in [0.15, 0.2) is 23.3 Å². The van der Waals surface area contributed by atoms with Gasteiger partial charge in [0.25, 0.3) is 0 Å². The molecule has 0 amide bonds. The Kier molecular flexibility index (Phi) is 7.81. The summed E-state index contributed by atoms with van der Waals surface area (Å²) in [6.45, 7) is 0. The van der Waals surface area contributed by atoms with Crippen LogP contribution < -0.4 is 4.90 Å². The lowest BCUT2D eigenvalue weighted by Crippen LogP contribution is -2.19. The normalized spacial score (nSPS) is 13.2. The Morgan fingerprint density at radius 1 is 0.417 bits per heavy atom. The summed E-state index contributed by atoms with van der Waals surface area (Å²) in [5, 5.41) is 4.47. The monoisotopic (exact) mass is 770 g/mol. The summed E-state index contributed by atoms with van der Waals surface area (Å²) >= 11 is 0. The van der Waals surface area contributed by atoms with E-state index in [2.05, 4.69) is 113 Å². The fourth-order valence-electron chi connectivity index (χ4n) is 8.68. The van der Waals surface area contributed by atoms with Crippen molar-refractivity contribution in [3.63, 3.8) is 0 Å². The predicted octanol–water partition coefficient (Wildman–Crippen LogP) is 12.5. The molecule has 10 aromatic rings. The molecule has 60 heavy (non-hydrogen) atoms. The number of aromatic nitrogens is 7. The standard InChI is InChI=1S/C52H34N8/c1-5-17-34(18-6-1)47-53-48(35-19-7-2-8-20-35)56-51(55-47)59-42-29-14-13-27-38(42)40-31-41-39-28-15-25-33-26-16-30-43(46(33)39)60(45(41)32-44(40)59)52-57-49(36-21-9-3-10-22-36)54-50(58-52)37-23-11-4-12-24-37/h1-3,5-11,13-32H,4,12H2. The minimum atomic E-state index is 0.531. The number of fused-ring (bicyclic) bond motifs is 5. The minimum Gasteiger partial charge on any atom is -0.278 e. The van der Waals surface area contributed by atoms with Gasteiger partial charge in [-0.05, 0) is 48.1 Å². The Labute approximate surface area is 345 Å². The molecule has 0 unspecified atom stereocenters. The summed E-state index contributed by atoms with van der Waals surface area (Å²) in [4.78, 5) is 33.3. The molecule has 0 atom stereocenters. The van der Waals surface area contributed by atoms with Crippen LogP contribution in [-0.2, 0) is 0 Å². The summed E-state index contributed by atoms with van der Waals surface area (Å²) in [5.41, 5.74) is 9.87. The number of hydrogen-bond donors (Lipinski definition) is 0. The van der Waals surface area contributed by atoms with E-state index in [4.69, 9.17) is 29.9 Å². The fraction of sp³-hybridized carbons (Fsp3) is 0.0385. The second-order valence-corrected chi connectivity index (χ2v) is 15.1. The van der Waals surface area contributed by atoms with Crippen LogP contribution in [0.2, 0.25) is 0 Å². The lowest BCUT2D eigenvalue weighted by molar-refractivity contribution is 0.953. The summed E-state index contributed by atoms with van der Waals surface area (Å²) in [6.07, 6.45) is 8.47. The van der Waals surface area contributed by atoms with Gasteiger partial charge in [0, 0.05) is 44.0 Å². The molecule has 0 bridgehead atoms. The van der Waals surface area contributed by atoms with Crippen molar-refractivity contribution in [2.45, 2.75) is 12.8 Å². The number of hydrogen-bond acceptors (Lipinski definition) is 7. The second kappa shape index (κ2) is 13.8. The predicted molar refractivity (Wildman–Crippen MR) is 241 cm³/mol. The van der Waals surface area contributed by atoms with E-state index in [1.165, 1.54) is 0 Å². The van der Waals surface area contributed by atoms with Gasteiger partial charge >= 0.3 is 0 Å². The highest BCUT2D eigenvalue weighted by molar-refractivity contribution is 6.18. The zero-order valence-corrected chi connectivity index (χ0v) is 32.3. The zero-order chi connectivity index (χ0) is 39.6. The van der Waals surface area contributed by atoms with Crippen LogP contribution >= 0.6 is 0 Å². The summed E-state index contributed by atoms with van der Waals surface area (Å²) in [5.74, 6) is 3.53. The van der Waals surface area contributed by atoms with Crippen LogP contribution in [0.3, 0.4) is 0 Å². The lowest BCUT2D eigenvalue weighted by Gasteiger charge is -2.32. The number of rotatable bonds is 6. The van der Waals surface area contributed by atoms with Crippen LogP contribution in [0.15, 0.2) is 182 Å². The van der Waals surface area contributed by atoms with Crippen molar-refractivity contribution >= 4 is 55.5 Å². The van der Waals surface area contributed by atoms with Gasteiger partial charge in [-0.1, -0.05) is 158 Å². The molecular formula is C52H34N8. The summed E-state index contributed by atoms with van der Waals surface area (Å²) < 4.78 is 2.18. The quantitative estimate of drug-likeness (QED) is 0.166. The molecule has 0 radical (unpaired) electrons. The van der Waals surface area contributed by atoms with E-state index >= 15 is 0 Å². The van der Waals surface area contributed by atoms with Gasteiger partial charge in [-0.2, -0.15) is 19.9 Å². The van der Waals surface area contributed by atoms with Gasteiger partial charge in [0.1, 0.15) is 0 Å². The molecule has 7 aromatic carbocycles. The van der Waals surface area contributed by atoms with Crippen LogP contribution in [0.5, 0.6) is 0 Å². The van der Waals surface area contributed by atoms with E-state index in [-0.39, 0.29) is 0 Å². The maximum atomic E-state index is 5.30. The van der Waals surface area contributed by atoms with E-state index in [1.807, 2.05) is 78.9 Å². The molecule has 0 spiro atoms. The average molecular weight is 771 g/mol. The molecule has 3 aromatic heterocycles. The van der Waals surface area contributed by atoms with Crippen LogP contribution in [-0.4, -0.2) is 34.5 Å². The third-order valence-corrected chi connectivity index (χ3v) is 11.4. The molecule has 1 aliphatic heterocycles. The maximum absolute atomic E-state index is 5.30. The number of allylic oxidation sites excluding steroid dienone is 4. The van der Waals surface area contributed by atoms with E-state index in [0.29, 0.717) is 35.2 Å². The Balaban J connectivity index is 1.17. The van der Waals surface area contributed by atoms with E-state index in [1.54, 1.807) is 0 Å². The van der Waals surface area contributed by atoms with E-state index in [9.17, 15) is 0 Å². The van der Waals surface area contributed by atoms with Crippen molar-refractivity contribution in [3.8, 4) is 51.2 Å². The van der Waals surface area contributed by atoms with Crippen molar-refractivity contribution < 1.29 is 0 Å². The molecule has 0 saturated carbocycles. The van der Waals surface area contributed by atoms with Gasteiger partial charge in [0.05, 0.1) is 22.4 Å². The first-order valence-corrected chi connectivity index (χ1v) is 20.2. The molecule has 8 heteroatoms. The fourth-order valence-corrected chi connectivity index (χ4v) is 8.68. The third kappa shape index (κ3) is 5.53. The van der Waals surface area contributed by atoms with Crippen molar-refractivity contribution in [2.24, 2.45) is 0 Å². The summed E-state index contributed by atoms with van der Waals surface area (Å²) in [7, 11) is 0. The molecule has 282 valence electrons. The molecule has 12 rings (SSSR count). The van der Waals surface area contributed by atoms with Crippen LogP contribution in [0.4, 0.5) is 17.3 Å². The Hall–Kier alpha value is -8.10. The zero-order valence-electron chi connectivity index (χ0n) is 32.3. The average Bonchev–Trinajstić information content (AvgIpc) is 3.65. The molecule has 0 N–H and O–H groups in total.